The Morgan fingerprint density at radius 3 is 2.67 bits per heavy atom. The molecule has 0 saturated carbocycles. The molecule has 0 aliphatic carbocycles. The molecule has 0 aliphatic heterocycles. The van der Waals surface area contributed by atoms with Gasteiger partial charge in [0, 0.05) is 35.4 Å². The lowest BCUT2D eigenvalue weighted by Gasteiger charge is -2.11. The van der Waals surface area contributed by atoms with Crippen LogP contribution in [0.25, 0.3) is 0 Å². The van der Waals surface area contributed by atoms with Crippen LogP contribution in [-0.2, 0) is 16.6 Å². The Kier molecular flexibility index (Phi) is 4.72. The predicted octanol–water partition coefficient (Wildman–Crippen LogP) is 1.45. The van der Waals surface area contributed by atoms with E-state index in [4.69, 9.17) is 0 Å². The van der Waals surface area contributed by atoms with Crippen molar-refractivity contribution >= 4 is 37.5 Å². The molecule has 7 heteroatoms. The Morgan fingerprint density at radius 2 is 2.20 bits per heavy atom. The maximum Gasteiger partial charge on any atom is 0.278 e. The van der Waals surface area contributed by atoms with Crippen LogP contribution in [0.4, 0.5) is 0 Å². The summed E-state index contributed by atoms with van der Waals surface area (Å²) in [4.78, 5) is 1.16. The molecule has 0 unspecified atom stereocenters. The van der Waals surface area contributed by atoms with E-state index in [0.29, 0.717) is 13.0 Å². The molecule has 0 spiro atoms. The van der Waals surface area contributed by atoms with Gasteiger partial charge in [-0.25, -0.2) is 4.72 Å². The lowest BCUT2D eigenvalue weighted by atomic mass is 10.3. The van der Waals surface area contributed by atoms with Gasteiger partial charge in [0.2, 0.25) is 0 Å². The van der Waals surface area contributed by atoms with Gasteiger partial charge in [0.1, 0.15) is 0 Å². The molecule has 0 atom stereocenters. The van der Waals surface area contributed by atoms with E-state index in [0.717, 1.165) is 13.7 Å². The van der Waals surface area contributed by atoms with Crippen LogP contribution in [0.2, 0.25) is 0 Å². The third-order valence-electron chi connectivity index (χ3n) is 1.76. The Bertz CT molecular complexity index is 414. The predicted molar refractivity (Wildman–Crippen MR) is 66.3 cm³/mol. The molecular formula is C8H13BrN2O2S2. The number of hydrogen-bond acceptors (Lipinski definition) is 3. The normalized spacial score (nSPS) is 12.3. The van der Waals surface area contributed by atoms with Crippen LogP contribution in [0, 0.1) is 0 Å². The van der Waals surface area contributed by atoms with Crippen molar-refractivity contribution in [2.24, 2.45) is 0 Å². The van der Waals surface area contributed by atoms with E-state index in [2.05, 4.69) is 20.7 Å². The van der Waals surface area contributed by atoms with Gasteiger partial charge >= 0.3 is 0 Å². The number of thiophene rings is 1. The van der Waals surface area contributed by atoms with E-state index in [9.17, 15) is 8.42 Å². The molecule has 15 heavy (non-hydrogen) atoms. The topological polar surface area (TPSA) is 49.4 Å². The minimum atomic E-state index is -3.29. The maximum atomic E-state index is 11.3. The fourth-order valence-corrected chi connectivity index (χ4v) is 2.99. The van der Waals surface area contributed by atoms with Crippen molar-refractivity contribution in [2.75, 3.05) is 20.6 Å². The highest BCUT2D eigenvalue weighted by atomic mass is 79.9. The monoisotopic (exact) mass is 312 g/mol. The number of halogens is 1. The lowest BCUT2D eigenvalue weighted by molar-refractivity contribution is 0.506. The van der Waals surface area contributed by atoms with Crippen LogP contribution in [0.15, 0.2) is 15.9 Å². The molecule has 0 amide bonds. The molecule has 0 saturated heterocycles. The molecule has 1 aromatic heterocycles. The van der Waals surface area contributed by atoms with E-state index in [1.165, 1.54) is 14.1 Å². The van der Waals surface area contributed by atoms with Crippen molar-refractivity contribution in [2.45, 2.75) is 6.42 Å². The highest BCUT2D eigenvalue weighted by Gasteiger charge is 2.11. The summed E-state index contributed by atoms with van der Waals surface area (Å²) in [5, 5.41) is 1.98. The number of nitrogens with zero attached hydrogens (tertiary/aromatic N) is 1. The maximum absolute atomic E-state index is 11.3. The minimum Gasteiger partial charge on any atom is -0.202 e. The summed E-state index contributed by atoms with van der Waals surface area (Å²) in [6.07, 6.45) is 0.712. The Labute approximate surface area is 103 Å². The second kappa shape index (κ2) is 5.40. The first-order chi connectivity index (χ1) is 6.92. The quantitative estimate of drug-likeness (QED) is 0.894. The van der Waals surface area contributed by atoms with E-state index in [1.807, 2.05) is 11.4 Å². The van der Waals surface area contributed by atoms with Crippen LogP contribution >= 0.6 is 27.3 Å². The zero-order chi connectivity index (χ0) is 11.5. The Balaban J connectivity index is 2.40. The van der Waals surface area contributed by atoms with Crippen LogP contribution in [0.3, 0.4) is 0 Å². The fraction of sp³-hybridized carbons (Fsp3) is 0.500. The Morgan fingerprint density at radius 1 is 1.53 bits per heavy atom. The van der Waals surface area contributed by atoms with Crippen molar-refractivity contribution in [3.8, 4) is 0 Å². The van der Waals surface area contributed by atoms with Crippen molar-refractivity contribution in [1.82, 2.24) is 9.03 Å². The first-order valence-electron chi connectivity index (χ1n) is 4.32. The summed E-state index contributed by atoms with van der Waals surface area (Å²) < 4.78 is 27.4. The van der Waals surface area contributed by atoms with Gasteiger partial charge in [0.25, 0.3) is 10.2 Å². The smallest absolute Gasteiger partial charge is 0.202 e. The zero-order valence-electron chi connectivity index (χ0n) is 8.53. The Hall–Kier alpha value is 0.0500. The summed E-state index contributed by atoms with van der Waals surface area (Å²) in [6.45, 7) is 0.424. The van der Waals surface area contributed by atoms with Crippen molar-refractivity contribution < 1.29 is 8.42 Å². The third-order valence-corrected chi connectivity index (χ3v) is 5.05. The summed E-state index contributed by atoms with van der Waals surface area (Å²) in [7, 11) is -0.277. The molecule has 1 rings (SSSR count). The van der Waals surface area contributed by atoms with Gasteiger partial charge in [0.15, 0.2) is 0 Å². The van der Waals surface area contributed by atoms with Crippen molar-refractivity contribution in [3.63, 3.8) is 0 Å². The van der Waals surface area contributed by atoms with Crippen LogP contribution in [0.1, 0.15) is 4.88 Å². The van der Waals surface area contributed by atoms with Crippen molar-refractivity contribution in [3.05, 3.63) is 20.8 Å². The molecule has 0 aromatic carbocycles. The van der Waals surface area contributed by atoms with Gasteiger partial charge < -0.3 is 0 Å². The molecular weight excluding hydrogens is 300 g/mol. The highest BCUT2D eigenvalue weighted by molar-refractivity contribution is 9.10. The second-order valence-corrected chi connectivity index (χ2v) is 7.04. The molecule has 0 aliphatic rings. The lowest BCUT2D eigenvalue weighted by Crippen LogP contribution is -2.36. The van der Waals surface area contributed by atoms with E-state index >= 15 is 0 Å². The fourth-order valence-electron chi connectivity index (χ4n) is 0.917. The first kappa shape index (κ1) is 13.1. The molecule has 0 radical (unpaired) electrons. The molecule has 1 N–H and O–H groups in total. The molecule has 1 aromatic rings. The summed E-state index contributed by atoms with van der Waals surface area (Å²) in [6, 6.07) is 1.99. The summed E-state index contributed by atoms with van der Waals surface area (Å²) in [5.41, 5.74) is 0. The molecule has 0 bridgehead atoms. The van der Waals surface area contributed by atoms with Gasteiger partial charge in [-0.2, -0.15) is 12.7 Å². The number of nitrogens with one attached hydrogen (secondary N) is 1. The van der Waals surface area contributed by atoms with E-state index in [1.54, 1.807) is 11.3 Å². The van der Waals surface area contributed by atoms with E-state index in [-0.39, 0.29) is 0 Å². The molecule has 1 heterocycles. The van der Waals surface area contributed by atoms with E-state index < -0.39 is 10.2 Å². The molecule has 86 valence electrons. The van der Waals surface area contributed by atoms with Crippen LogP contribution < -0.4 is 4.72 Å². The zero-order valence-corrected chi connectivity index (χ0v) is 11.7. The van der Waals surface area contributed by atoms with Crippen LogP contribution in [0.5, 0.6) is 0 Å². The third kappa shape index (κ3) is 4.20. The van der Waals surface area contributed by atoms with Crippen LogP contribution in [-0.4, -0.2) is 33.4 Å². The average Bonchev–Trinajstić information content (AvgIpc) is 2.51. The summed E-state index contributed by atoms with van der Waals surface area (Å²) in [5.74, 6) is 0. The van der Waals surface area contributed by atoms with Gasteiger partial charge in [-0.05, 0) is 28.4 Å². The van der Waals surface area contributed by atoms with Gasteiger partial charge in [-0.3, -0.25) is 0 Å². The largest absolute Gasteiger partial charge is 0.278 e. The first-order valence-corrected chi connectivity index (χ1v) is 7.43. The van der Waals surface area contributed by atoms with Gasteiger partial charge in [0.05, 0.1) is 0 Å². The molecule has 4 nitrogen and oxygen atoms in total. The average molecular weight is 313 g/mol. The van der Waals surface area contributed by atoms with Crippen molar-refractivity contribution in [1.29, 1.82) is 0 Å². The highest BCUT2D eigenvalue weighted by Crippen LogP contribution is 2.19. The number of hydrogen-bond donors (Lipinski definition) is 1. The molecule has 0 fully saturated rings. The summed E-state index contributed by atoms with van der Waals surface area (Å²) >= 11 is 4.96. The number of rotatable bonds is 5. The van der Waals surface area contributed by atoms with Gasteiger partial charge in [-0.15, -0.1) is 11.3 Å². The second-order valence-electron chi connectivity index (χ2n) is 3.16. The standard InChI is InChI=1S/C8H13BrN2O2S2/c1-11(2)15(12,13)10-4-3-8-5-7(9)6-14-8/h5-6,10H,3-4H2,1-2H3. The SMILES string of the molecule is CN(C)S(=O)(=O)NCCc1cc(Br)cs1. The van der Waals surface area contributed by atoms with Gasteiger partial charge in [-0.1, -0.05) is 0 Å². The minimum absolute atomic E-state index is 0.424.